The molecule has 1 heterocycles. The minimum atomic E-state index is -0.205. The van der Waals surface area contributed by atoms with Gasteiger partial charge in [0.2, 0.25) is 5.91 Å². The van der Waals surface area contributed by atoms with Gasteiger partial charge in [-0.3, -0.25) is 14.6 Å². The van der Waals surface area contributed by atoms with Crippen molar-refractivity contribution in [2.24, 2.45) is 0 Å². The van der Waals surface area contributed by atoms with E-state index in [2.05, 4.69) is 15.1 Å². The average molecular weight is 390 g/mol. The third-order valence-electron chi connectivity index (χ3n) is 5.10. The zero-order chi connectivity index (χ0) is 19.2. The molecular formula is C21H25ClFN3O. The summed E-state index contributed by atoms with van der Waals surface area (Å²) < 4.78 is 13.8. The van der Waals surface area contributed by atoms with Gasteiger partial charge in [0.25, 0.3) is 0 Å². The molecule has 1 amide bonds. The standard InChI is InChI=1S/C21H25ClFN3O/c1-16(21(27)24-14-17-6-2-4-8-19(17)22)26-12-10-25(11-13-26)15-18-7-3-5-9-20(18)23/h2-9,16H,10-15H2,1H3,(H,24,27). The molecule has 0 aliphatic carbocycles. The van der Waals surface area contributed by atoms with Crippen LogP contribution < -0.4 is 5.32 Å². The number of amides is 1. The molecule has 2 aromatic rings. The van der Waals surface area contributed by atoms with Crippen molar-refractivity contribution < 1.29 is 9.18 Å². The fraction of sp³-hybridized carbons (Fsp3) is 0.381. The number of hydrogen-bond acceptors (Lipinski definition) is 3. The molecule has 1 aliphatic heterocycles. The molecule has 1 aliphatic rings. The van der Waals surface area contributed by atoms with Gasteiger partial charge in [-0.2, -0.15) is 0 Å². The van der Waals surface area contributed by atoms with E-state index in [1.807, 2.05) is 43.3 Å². The van der Waals surface area contributed by atoms with Gasteiger partial charge in [-0.05, 0) is 24.6 Å². The number of halogens is 2. The van der Waals surface area contributed by atoms with E-state index in [4.69, 9.17) is 11.6 Å². The fourth-order valence-corrected chi connectivity index (χ4v) is 3.52. The third-order valence-corrected chi connectivity index (χ3v) is 5.47. The SMILES string of the molecule is CC(C(=O)NCc1ccccc1Cl)N1CCN(Cc2ccccc2F)CC1. The minimum absolute atomic E-state index is 0.00234. The average Bonchev–Trinajstić information content (AvgIpc) is 2.69. The maximum atomic E-state index is 13.8. The van der Waals surface area contributed by atoms with Crippen LogP contribution in [0.5, 0.6) is 0 Å². The number of rotatable bonds is 6. The second-order valence-corrected chi connectivity index (χ2v) is 7.30. The molecule has 0 bridgehead atoms. The normalized spacial score (nSPS) is 16.9. The first-order chi connectivity index (χ1) is 13.0. The number of benzene rings is 2. The van der Waals surface area contributed by atoms with Gasteiger partial charge in [0.15, 0.2) is 0 Å². The zero-order valence-corrected chi connectivity index (χ0v) is 16.3. The summed E-state index contributed by atoms with van der Waals surface area (Å²) in [7, 11) is 0. The Morgan fingerprint density at radius 3 is 2.37 bits per heavy atom. The van der Waals surface area contributed by atoms with E-state index >= 15 is 0 Å². The summed E-state index contributed by atoms with van der Waals surface area (Å²) in [5.41, 5.74) is 1.63. The second kappa shape index (κ2) is 9.31. The minimum Gasteiger partial charge on any atom is -0.351 e. The van der Waals surface area contributed by atoms with Crippen molar-refractivity contribution in [3.8, 4) is 0 Å². The van der Waals surface area contributed by atoms with Gasteiger partial charge in [0, 0.05) is 49.9 Å². The van der Waals surface area contributed by atoms with Crippen LogP contribution in [-0.4, -0.2) is 47.9 Å². The van der Waals surface area contributed by atoms with E-state index in [1.54, 1.807) is 6.07 Å². The second-order valence-electron chi connectivity index (χ2n) is 6.89. The van der Waals surface area contributed by atoms with Crippen molar-refractivity contribution >= 4 is 17.5 Å². The van der Waals surface area contributed by atoms with Gasteiger partial charge < -0.3 is 5.32 Å². The van der Waals surface area contributed by atoms with Crippen molar-refractivity contribution in [3.63, 3.8) is 0 Å². The Labute approximate surface area is 164 Å². The molecule has 4 nitrogen and oxygen atoms in total. The predicted octanol–water partition coefficient (Wildman–Crippen LogP) is 3.30. The maximum Gasteiger partial charge on any atom is 0.237 e. The first-order valence-electron chi connectivity index (χ1n) is 9.25. The summed E-state index contributed by atoms with van der Waals surface area (Å²) in [6.07, 6.45) is 0. The summed E-state index contributed by atoms with van der Waals surface area (Å²) >= 11 is 6.14. The molecule has 27 heavy (non-hydrogen) atoms. The van der Waals surface area contributed by atoms with Crippen LogP contribution in [-0.2, 0) is 17.9 Å². The number of nitrogens with one attached hydrogen (secondary N) is 1. The number of hydrogen-bond donors (Lipinski definition) is 1. The lowest BCUT2D eigenvalue weighted by molar-refractivity contribution is -0.126. The number of nitrogens with zero attached hydrogens (tertiary/aromatic N) is 2. The number of piperazine rings is 1. The molecule has 6 heteroatoms. The Hall–Kier alpha value is -1.95. The highest BCUT2D eigenvalue weighted by Gasteiger charge is 2.25. The Balaban J connectivity index is 1.46. The lowest BCUT2D eigenvalue weighted by atomic mass is 10.1. The molecule has 0 saturated carbocycles. The summed E-state index contributed by atoms with van der Waals surface area (Å²) in [5.74, 6) is -0.162. The highest BCUT2D eigenvalue weighted by molar-refractivity contribution is 6.31. The molecule has 3 rings (SSSR count). The van der Waals surface area contributed by atoms with Crippen LogP contribution in [0, 0.1) is 5.82 Å². The Bertz CT molecular complexity index is 778. The summed E-state index contributed by atoms with van der Waals surface area (Å²) in [6.45, 7) is 6.16. The van der Waals surface area contributed by atoms with Crippen molar-refractivity contribution in [2.45, 2.75) is 26.1 Å². The van der Waals surface area contributed by atoms with Gasteiger partial charge in [0.1, 0.15) is 5.82 Å². The van der Waals surface area contributed by atoms with Gasteiger partial charge in [-0.1, -0.05) is 48.0 Å². The van der Waals surface area contributed by atoms with Crippen molar-refractivity contribution in [3.05, 3.63) is 70.5 Å². The van der Waals surface area contributed by atoms with Crippen LogP contribution in [0.1, 0.15) is 18.1 Å². The smallest absolute Gasteiger partial charge is 0.237 e. The predicted molar refractivity (Wildman–Crippen MR) is 106 cm³/mol. The van der Waals surface area contributed by atoms with E-state index in [1.165, 1.54) is 6.07 Å². The molecule has 2 aromatic carbocycles. The van der Waals surface area contributed by atoms with Crippen LogP contribution >= 0.6 is 11.6 Å². The van der Waals surface area contributed by atoms with Gasteiger partial charge >= 0.3 is 0 Å². The number of carbonyl (C=O) groups is 1. The van der Waals surface area contributed by atoms with Crippen LogP contribution in [0.25, 0.3) is 0 Å². The molecule has 1 fully saturated rings. The first kappa shape index (κ1) is 19.8. The summed E-state index contributed by atoms with van der Waals surface area (Å²) in [6, 6.07) is 14.2. The summed E-state index contributed by atoms with van der Waals surface area (Å²) in [5, 5.41) is 3.63. The van der Waals surface area contributed by atoms with Gasteiger partial charge in [-0.15, -0.1) is 0 Å². The van der Waals surface area contributed by atoms with Crippen molar-refractivity contribution in [1.29, 1.82) is 0 Å². The molecule has 0 radical (unpaired) electrons. The Morgan fingerprint density at radius 2 is 1.70 bits per heavy atom. The molecule has 1 saturated heterocycles. The highest BCUT2D eigenvalue weighted by Crippen LogP contribution is 2.15. The van der Waals surface area contributed by atoms with E-state index in [9.17, 15) is 9.18 Å². The van der Waals surface area contributed by atoms with Crippen LogP contribution in [0.2, 0.25) is 5.02 Å². The first-order valence-corrected chi connectivity index (χ1v) is 9.63. The van der Waals surface area contributed by atoms with Crippen molar-refractivity contribution in [2.75, 3.05) is 26.2 Å². The van der Waals surface area contributed by atoms with Gasteiger partial charge in [-0.25, -0.2) is 4.39 Å². The van der Waals surface area contributed by atoms with Crippen molar-refractivity contribution in [1.82, 2.24) is 15.1 Å². The topological polar surface area (TPSA) is 35.6 Å². The van der Waals surface area contributed by atoms with Crippen LogP contribution in [0.3, 0.4) is 0 Å². The fourth-order valence-electron chi connectivity index (χ4n) is 3.31. The quantitative estimate of drug-likeness (QED) is 0.823. The molecule has 0 aromatic heterocycles. The van der Waals surface area contributed by atoms with E-state index in [0.29, 0.717) is 18.1 Å². The lowest BCUT2D eigenvalue weighted by Gasteiger charge is -2.37. The Morgan fingerprint density at radius 1 is 1.07 bits per heavy atom. The highest BCUT2D eigenvalue weighted by atomic mass is 35.5. The summed E-state index contributed by atoms with van der Waals surface area (Å²) in [4.78, 5) is 16.9. The Kier molecular flexibility index (Phi) is 6.83. The molecular weight excluding hydrogens is 365 g/mol. The monoisotopic (exact) mass is 389 g/mol. The lowest BCUT2D eigenvalue weighted by Crippen LogP contribution is -2.53. The largest absolute Gasteiger partial charge is 0.351 e. The third kappa shape index (κ3) is 5.28. The van der Waals surface area contributed by atoms with Gasteiger partial charge in [0.05, 0.1) is 6.04 Å². The molecule has 0 spiro atoms. The zero-order valence-electron chi connectivity index (χ0n) is 15.5. The molecule has 1 N–H and O–H groups in total. The van der Waals surface area contributed by atoms with Crippen LogP contribution in [0.4, 0.5) is 4.39 Å². The van der Waals surface area contributed by atoms with E-state index in [-0.39, 0.29) is 17.8 Å². The molecule has 1 atom stereocenters. The number of carbonyl (C=O) groups excluding carboxylic acids is 1. The van der Waals surface area contributed by atoms with E-state index in [0.717, 1.165) is 37.3 Å². The van der Waals surface area contributed by atoms with Crippen LogP contribution in [0.15, 0.2) is 48.5 Å². The molecule has 1 unspecified atom stereocenters. The van der Waals surface area contributed by atoms with E-state index < -0.39 is 0 Å². The maximum absolute atomic E-state index is 13.8. The molecule has 144 valence electrons.